The third kappa shape index (κ3) is 4.17. The fraction of sp³-hybridized carbons (Fsp3) is 0.182. The van der Waals surface area contributed by atoms with Crippen LogP contribution in [0.2, 0.25) is 0 Å². The second kappa shape index (κ2) is 8.02. The highest BCUT2D eigenvalue weighted by atomic mass is 32.2. The van der Waals surface area contributed by atoms with Gasteiger partial charge in [-0.15, -0.1) is 11.8 Å². The Kier molecular flexibility index (Phi) is 5.30. The molecule has 2 aromatic carbocycles. The molecule has 0 spiro atoms. The van der Waals surface area contributed by atoms with Crippen LogP contribution < -0.4 is 10.1 Å². The van der Waals surface area contributed by atoms with E-state index in [2.05, 4.69) is 35.4 Å². The molecule has 1 aromatic heterocycles. The molecule has 142 valence electrons. The molecule has 0 aliphatic carbocycles. The fourth-order valence-corrected chi connectivity index (χ4v) is 4.39. The summed E-state index contributed by atoms with van der Waals surface area (Å²) >= 11 is 1.60. The van der Waals surface area contributed by atoms with E-state index < -0.39 is 0 Å². The van der Waals surface area contributed by atoms with Gasteiger partial charge in [-0.1, -0.05) is 29.8 Å². The number of thioether (sulfide) groups is 1. The predicted octanol–water partition coefficient (Wildman–Crippen LogP) is 4.65. The van der Waals surface area contributed by atoms with Gasteiger partial charge in [-0.05, 0) is 43.2 Å². The number of benzene rings is 2. The minimum Gasteiger partial charge on any atom is -0.439 e. The first-order valence-electron chi connectivity index (χ1n) is 9.00. The van der Waals surface area contributed by atoms with Gasteiger partial charge >= 0.3 is 0 Å². The lowest BCUT2D eigenvalue weighted by Gasteiger charge is -2.13. The van der Waals surface area contributed by atoms with E-state index >= 15 is 0 Å². The van der Waals surface area contributed by atoms with Crippen molar-refractivity contribution >= 4 is 17.7 Å². The van der Waals surface area contributed by atoms with Crippen molar-refractivity contribution in [2.45, 2.75) is 30.0 Å². The zero-order valence-corrected chi connectivity index (χ0v) is 16.1. The molecule has 0 fully saturated rings. The van der Waals surface area contributed by atoms with Gasteiger partial charge in [-0.25, -0.2) is 9.37 Å². The quantitative estimate of drug-likeness (QED) is 0.684. The van der Waals surface area contributed by atoms with Crippen molar-refractivity contribution in [3.63, 3.8) is 0 Å². The van der Waals surface area contributed by atoms with Crippen molar-refractivity contribution in [3.8, 4) is 11.6 Å². The number of nitrogens with zero attached hydrogens (tertiary/aromatic N) is 1. The molecule has 4 rings (SSSR count). The Morgan fingerprint density at radius 2 is 2.14 bits per heavy atom. The Balaban J connectivity index is 1.41. The monoisotopic (exact) mass is 394 g/mol. The predicted molar refractivity (Wildman–Crippen MR) is 107 cm³/mol. The number of amides is 1. The van der Waals surface area contributed by atoms with Crippen LogP contribution in [0.15, 0.2) is 65.7 Å². The van der Waals surface area contributed by atoms with Crippen molar-refractivity contribution in [2.75, 3.05) is 0 Å². The third-order valence-electron chi connectivity index (χ3n) is 4.50. The van der Waals surface area contributed by atoms with Crippen LogP contribution in [0.3, 0.4) is 0 Å². The van der Waals surface area contributed by atoms with Crippen molar-refractivity contribution in [1.29, 1.82) is 0 Å². The molecule has 0 radical (unpaired) electrons. The topological polar surface area (TPSA) is 51.2 Å². The molecule has 3 aromatic rings. The zero-order valence-electron chi connectivity index (χ0n) is 15.3. The van der Waals surface area contributed by atoms with Crippen LogP contribution in [0.4, 0.5) is 4.39 Å². The maximum absolute atomic E-state index is 13.4. The van der Waals surface area contributed by atoms with Crippen molar-refractivity contribution in [1.82, 2.24) is 10.3 Å². The molecule has 0 bridgehead atoms. The molecule has 6 heteroatoms. The summed E-state index contributed by atoms with van der Waals surface area (Å²) in [5, 5.41) is 2.84. The SMILES string of the molecule is Cc1ccc2c(c1)S[C@H](C(=O)NCc1cccnc1Oc1cccc(F)c1)C2. The second-order valence-electron chi connectivity index (χ2n) is 6.67. The Morgan fingerprint density at radius 1 is 1.25 bits per heavy atom. The average Bonchev–Trinajstić information content (AvgIpc) is 3.10. The molecule has 0 saturated carbocycles. The lowest BCUT2D eigenvalue weighted by Crippen LogP contribution is -2.32. The van der Waals surface area contributed by atoms with Crippen LogP contribution in [-0.2, 0) is 17.8 Å². The molecule has 2 heterocycles. The van der Waals surface area contributed by atoms with Crippen molar-refractivity contribution in [2.24, 2.45) is 0 Å². The summed E-state index contributed by atoms with van der Waals surface area (Å²) < 4.78 is 19.1. The summed E-state index contributed by atoms with van der Waals surface area (Å²) in [6, 6.07) is 15.8. The van der Waals surface area contributed by atoms with E-state index in [1.165, 1.54) is 28.2 Å². The molecular formula is C22H19FN2O2S. The number of aryl methyl sites for hydroxylation is 1. The van der Waals surface area contributed by atoms with Gasteiger partial charge in [0.1, 0.15) is 11.6 Å². The molecule has 1 atom stereocenters. The summed E-state index contributed by atoms with van der Waals surface area (Å²) in [5.41, 5.74) is 3.14. The standard InChI is InChI=1S/C22H19FN2O2S/c1-14-7-8-15-11-20(28-19(15)10-14)21(26)25-13-16-4-3-9-24-22(16)27-18-6-2-5-17(23)12-18/h2-10,12,20H,11,13H2,1H3,(H,25,26)/t20-/m0/s1. The number of pyridine rings is 1. The number of hydrogen-bond acceptors (Lipinski definition) is 4. The summed E-state index contributed by atoms with van der Waals surface area (Å²) in [5.74, 6) is 0.325. The van der Waals surface area contributed by atoms with Crippen LogP contribution in [-0.4, -0.2) is 16.1 Å². The molecule has 0 saturated heterocycles. The highest BCUT2D eigenvalue weighted by Gasteiger charge is 2.28. The number of halogens is 1. The van der Waals surface area contributed by atoms with E-state index in [1.807, 2.05) is 6.07 Å². The summed E-state index contributed by atoms with van der Waals surface area (Å²) in [4.78, 5) is 18.0. The Hall–Kier alpha value is -2.86. The van der Waals surface area contributed by atoms with E-state index in [4.69, 9.17) is 4.74 Å². The van der Waals surface area contributed by atoms with Gasteiger partial charge in [-0.3, -0.25) is 4.79 Å². The van der Waals surface area contributed by atoms with E-state index in [1.54, 1.807) is 36.2 Å². The Bertz CT molecular complexity index is 1020. The Labute approximate surface area is 167 Å². The second-order valence-corrected chi connectivity index (χ2v) is 7.91. The first-order chi connectivity index (χ1) is 13.6. The van der Waals surface area contributed by atoms with E-state index in [-0.39, 0.29) is 17.0 Å². The first kappa shape index (κ1) is 18.5. The van der Waals surface area contributed by atoms with Crippen LogP contribution in [0.25, 0.3) is 0 Å². The molecular weight excluding hydrogens is 375 g/mol. The smallest absolute Gasteiger partial charge is 0.234 e. The molecule has 1 aliphatic rings. The first-order valence-corrected chi connectivity index (χ1v) is 9.87. The van der Waals surface area contributed by atoms with E-state index in [9.17, 15) is 9.18 Å². The zero-order chi connectivity index (χ0) is 19.5. The highest BCUT2D eigenvalue weighted by molar-refractivity contribution is 8.01. The molecule has 1 amide bonds. The van der Waals surface area contributed by atoms with Gasteiger partial charge in [0, 0.05) is 29.3 Å². The molecule has 0 unspecified atom stereocenters. The Morgan fingerprint density at radius 3 is 3.00 bits per heavy atom. The molecule has 4 nitrogen and oxygen atoms in total. The lowest BCUT2D eigenvalue weighted by atomic mass is 10.1. The number of carbonyl (C=O) groups excluding carboxylic acids is 1. The highest BCUT2D eigenvalue weighted by Crippen LogP contribution is 2.37. The fourth-order valence-electron chi connectivity index (χ4n) is 3.07. The summed E-state index contributed by atoms with van der Waals surface area (Å²) in [6.45, 7) is 2.35. The number of aromatic nitrogens is 1. The van der Waals surface area contributed by atoms with Crippen molar-refractivity contribution in [3.05, 3.63) is 83.3 Å². The van der Waals surface area contributed by atoms with Gasteiger partial charge in [0.05, 0.1) is 5.25 Å². The maximum atomic E-state index is 13.4. The van der Waals surface area contributed by atoms with Gasteiger partial charge in [0.25, 0.3) is 0 Å². The molecule has 1 aliphatic heterocycles. The number of nitrogens with one attached hydrogen (secondary N) is 1. The summed E-state index contributed by atoms with van der Waals surface area (Å²) in [6.07, 6.45) is 2.33. The maximum Gasteiger partial charge on any atom is 0.234 e. The van der Waals surface area contributed by atoms with Gasteiger partial charge in [0.2, 0.25) is 11.8 Å². The normalized spacial score (nSPS) is 15.1. The summed E-state index contributed by atoms with van der Waals surface area (Å²) in [7, 11) is 0. The number of carbonyl (C=O) groups is 1. The molecule has 28 heavy (non-hydrogen) atoms. The number of ether oxygens (including phenoxy) is 1. The number of fused-ring (bicyclic) bond motifs is 1. The van der Waals surface area contributed by atoms with Crippen LogP contribution in [0, 0.1) is 12.7 Å². The van der Waals surface area contributed by atoms with Crippen LogP contribution in [0.5, 0.6) is 11.6 Å². The molecule has 1 N–H and O–H groups in total. The third-order valence-corrected chi connectivity index (χ3v) is 5.80. The van der Waals surface area contributed by atoms with E-state index in [0.717, 1.165) is 12.0 Å². The minimum absolute atomic E-state index is 0.0144. The minimum atomic E-state index is -0.378. The number of hydrogen-bond donors (Lipinski definition) is 1. The van der Waals surface area contributed by atoms with E-state index in [0.29, 0.717) is 18.2 Å². The van der Waals surface area contributed by atoms with Gasteiger partial charge in [-0.2, -0.15) is 0 Å². The van der Waals surface area contributed by atoms with Crippen molar-refractivity contribution < 1.29 is 13.9 Å². The van der Waals surface area contributed by atoms with Crippen LogP contribution >= 0.6 is 11.8 Å². The van der Waals surface area contributed by atoms with Gasteiger partial charge < -0.3 is 10.1 Å². The van der Waals surface area contributed by atoms with Crippen LogP contribution in [0.1, 0.15) is 16.7 Å². The lowest BCUT2D eigenvalue weighted by molar-refractivity contribution is -0.120. The average molecular weight is 394 g/mol. The number of rotatable bonds is 5. The largest absolute Gasteiger partial charge is 0.439 e. The van der Waals surface area contributed by atoms with Gasteiger partial charge in [0.15, 0.2) is 0 Å².